The first-order chi connectivity index (χ1) is 10.1. The summed E-state index contributed by atoms with van der Waals surface area (Å²) in [5.74, 6) is 0.119. The van der Waals surface area contributed by atoms with Gasteiger partial charge in [0.1, 0.15) is 0 Å². The second-order valence-electron chi connectivity index (χ2n) is 5.41. The van der Waals surface area contributed by atoms with Gasteiger partial charge in [0.15, 0.2) is 5.78 Å². The molecule has 2 heteroatoms. The Hall–Kier alpha value is -2.48. The van der Waals surface area contributed by atoms with E-state index in [1.165, 1.54) is 5.56 Å². The Morgan fingerprint density at radius 2 is 1.86 bits per heavy atom. The number of hydrogen-bond donors (Lipinski definition) is 0. The third kappa shape index (κ3) is 2.70. The Labute approximate surface area is 124 Å². The topological polar surface area (TPSA) is 30.0 Å². The van der Waals surface area contributed by atoms with Crippen molar-refractivity contribution in [2.24, 2.45) is 0 Å². The van der Waals surface area contributed by atoms with Gasteiger partial charge in [-0.3, -0.25) is 9.78 Å². The Bertz CT molecular complexity index is 815. The van der Waals surface area contributed by atoms with Crippen LogP contribution in [0.15, 0.2) is 54.7 Å². The van der Waals surface area contributed by atoms with Crippen LogP contribution in [0.3, 0.4) is 0 Å². The number of para-hydroxylation sites is 1. The summed E-state index contributed by atoms with van der Waals surface area (Å²) in [6.45, 7) is 4.09. The number of ketones is 1. The zero-order valence-electron chi connectivity index (χ0n) is 12.3. The molecule has 1 heterocycles. The van der Waals surface area contributed by atoms with Crippen LogP contribution in [0.5, 0.6) is 0 Å². The lowest BCUT2D eigenvalue weighted by Crippen LogP contribution is -2.06. The summed E-state index contributed by atoms with van der Waals surface area (Å²) in [5.41, 5.74) is 4.92. The van der Waals surface area contributed by atoms with Crippen LogP contribution >= 0.6 is 0 Å². The van der Waals surface area contributed by atoms with Crippen LogP contribution in [0.1, 0.15) is 27.0 Å². The summed E-state index contributed by atoms with van der Waals surface area (Å²) < 4.78 is 0. The zero-order valence-corrected chi connectivity index (χ0v) is 12.3. The Morgan fingerprint density at radius 3 is 2.71 bits per heavy atom. The predicted molar refractivity (Wildman–Crippen MR) is 85.7 cm³/mol. The number of rotatable bonds is 3. The van der Waals surface area contributed by atoms with E-state index in [1.807, 2.05) is 44.2 Å². The largest absolute Gasteiger partial charge is 0.294 e. The fraction of sp³-hybridized carbons (Fsp3) is 0.158. The number of hydrogen-bond acceptors (Lipinski definition) is 2. The van der Waals surface area contributed by atoms with Gasteiger partial charge in [-0.05, 0) is 37.1 Å². The molecular weight excluding hydrogens is 258 g/mol. The van der Waals surface area contributed by atoms with E-state index < -0.39 is 0 Å². The number of benzene rings is 2. The monoisotopic (exact) mass is 275 g/mol. The molecule has 0 spiro atoms. The molecule has 0 saturated carbocycles. The van der Waals surface area contributed by atoms with Gasteiger partial charge in [-0.2, -0.15) is 0 Å². The third-order valence-electron chi connectivity index (χ3n) is 3.79. The quantitative estimate of drug-likeness (QED) is 0.668. The van der Waals surface area contributed by atoms with Crippen LogP contribution in [0.25, 0.3) is 10.9 Å². The number of carbonyl (C=O) groups excluding carboxylic acids is 1. The van der Waals surface area contributed by atoms with Gasteiger partial charge in [0.05, 0.1) is 5.52 Å². The average molecular weight is 275 g/mol. The van der Waals surface area contributed by atoms with Crippen LogP contribution in [0.4, 0.5) is 0 Å². The first-order valence-electron chi connectivity index (χ1n) is 7.08. The average Bonchev–Trinajstić information content (AvgIpc) is 2.50. The molecule has 0 N–H and O–H groups in total. The first kappa shape index (κ1) is 13.5. The van der Waals surface area contributed by atoms with E-state index in [2.05, 4.69) is 23.2 Å². The minimum absolute atomic E-state index is 0.119. The molecule has 0 atom stereocenters. The smallest absolute Gasteiger partial charge is 0.169 e. The summed E-state index contributed by atoms with van der Waals surface area (Å²) in [5, 5.41) is 1.00. The molecule has 0 fully saturated rings. The van der Waals surface area contributed by atoms with Crippen molar-refractivity contribution in [3.8, 4) is 0 Å². The number of nitrogens with zero attached hydrogens (tertiary/aromatic N) is 1. The molecule has 3 aromatic rings. The molecule has 0 aliphatic rings. The summed E-state index contributed by atoms with van der Waals surface area (Å²) in [4.78, 5) is 17.0. The van der Waals surface area contributed by atoms with Crippen molar-refractivity contribution in [3.05, 3.63) is 77.0 Å². The molecule has 0 bridgehead atoms. The highest BCUT2D eigenvalue weighted by molar-refractivity contribution is 6.07. The first-order valence-corrected chi connectivity index (χ1v) is 7.08. The van der Waals surface area contributed by atoms with E-state index in [1.54, 1.807) is 6.20 Å². The van der Waals surface area contributed by atoms with Crippen LogP contribution in [-0.2, 0) is 6.42 Å². The summed E-state index contributed by atoms with van der Waals surface area (Å²) in [6.07, 6.45) is 2.15. The maximum absolute atomic E-state index is 12.7. The maximum Gasteiger partial charge on any atom is 0.169 e. The van der Waals surface area contributed by atoms with Crippen molar-refractivity contribution < 1.29 is 4.79 Å². The van der Waals surface area contributed by atoms with Crippen LogP contribution in [0, 0.1) is 13.8 Å². The van der Waals surface area contributed by atoms with Crippen LogP contribution in [-0.4, -0.2) is 10.8 Å². The van der Waals surface area contributed by atoms with Crippen molar-refractivity contribution in [2.45, 2.75) is 20.3 Å². The normalized spacial score (nSPS) is 10.8. The van der Waals surface area contributed by atoms with Gasteiger partial charge in [0, 0.05) is 23.6 Å². The highest BCUT2D eigenvalue weighted by Crippen LogP contribution is 2.19. The van der Waals surface area contributed by atoms with Crippen molar-refractivity contribution in [1.82, 2.24) is 4.98 Å². The number of fused-ring (bicyclic) bond motifs is 1. The van der Waals surface area contributed by atoms with Gasteiger partial charge in [-0.25, -0.2) is 0 Å². The molecule has 0 amide bonds. The lowest BCUT2D eigenvalue weighted by molar-refractivity contribution is 0.0994. The molecule has 21 heavy (non-hydrogen) atoms. The predicted octanol–water partition coefficient (Wildman–Crippen LogP) is 4.28. The molecule has 0 aliphatic carbocycles. The number of aromatic nitrogens is 1. The van der Waals surface area contributed by atoms with E-state index in [-0.39, 0.29) is 5.78 Å². The Balaban J connectivity index is 1.99. The maximum atomic E-state index is 12.7. The lowest BCUT2D eigenvalue weighted by atomic mass is 9.96. The molecule has 0 radical (unpaired) electrons. The second-order valence-corrected chi connectivity index (χ2v) is 5.41. The number of pyridine rings is 1. The van der Waals surface area contributed by atoms with Crippen molar-refractivity contribution >= 4 is 16.7 Å². The molecule has 1 aromatic heterocycles. The van der Waals surface area contributed by atoms with E-state index in [0.29, 0.717) is 12.0 Å². The zero-order chi connectivity index (χ0) is 14.8. The summed E-state index contributed by atoms with van der Waals surface area (Å²) in [7, 11) is 0. The lowest BCUT2D eigenvalue weighted by Gasteiger charge is -2.08. The van der Waals surface area contributed by atoms with Crippen LogP contribution < -0.4 is 0 Å². The Morgan fingerprint density at radius 1 is 1.05 bits per heavy atom. The van der Waals surface area contributed by atoms with Gasteiger partial charge >= 0.3 is 0 Å². The van der Waals surface area contributed by atoms with Gasteiger partial charge in [-0.1, -0.05) is 42.0 Å². The van der Waals surface area contributed by atoms with Crippen molar-refractivity contribution in [1.29, 1.82) is 0 Å². The molecule has 0 saturated heterocycles. The Kier molecular flexibility index (Phi) is 3.53. The molecule has 0 unspecified atom stereocenters. The summed E-state index contributed by atoms with van der Waals surface area (Å²) >= 11 is 0. The van der Waals surface area contributed by atoms with Crippen LogP contribution in [0.2, 0.25) is 0 Å². The molecule has 3 rings (SSSR count). The SMILES string of the molecule is Cc1ccc(C)c(CC(=O)c2cccc3cccnc23)c1. The molecule has 2 nitrogen and oxygen atoms in total. The molecule has 104 valence electrons. The van der Waals surface area contributed by atoms with E-state index in [4.69, 9.17) is 0 Å². The minimum Gasteiger partial charge on any atom is -0.294 e. The van der Waals surface area contributed by atoms with Gasteiger partial charge in [0.25, 0.3) is 0 Å². The molecular formula is C19H17NO. The standard InChI is InChI=1S/C19H17NO/c1-13-8-9-14(2)16(11-13)12-18(21)17-7-3-5-15-6-4-10-20-19(15)17/h3-11H,12H2,1-2H3. The van der Waals surface area contributed by atoms with Gasteiger partial charge in [0.2, 0.25) is 0 Å². The van der Waals surface area contributed by atoms with E-state index in [0.717, 1.165) is 22.0 Å². The highest BCUT2D eigenvalue weighted by atomic mass is 16.1. The van der Waals surface area contributed by atoms with Crippen molar-refractivity contribution in [2.75, 3.05) is 0 Å². The third-order valence-corrected chi connectivity index (χ3v) is 3.79. The van der Waals surface area contributed by atoms with Gasteiger partial charge < -0.3 is 0 Å². The second kappa shape index (κ2) is 5.49. The van der Waals surface area contributed by atoms with Gasteiger partial charge in [-0.15, -0.1) is 0 Å². The molecule has 0 aliphatic heterocycles. The van der Waals surface area contributed by atoms with Crippen molar-refractivity contribution in [3.63, 3.8) is 0 Å². The summed E-state index contributed by atoms with van der Waals surface area (Å²) in [6, 6.07) is 15.9. The number of Topliss-reactive ketones (excluding diaryl/α,β-unsaturated/α-hetero) is 1. The number of carbonyl (C=O) groups is 1. The molecule has 2 aromatic carbocycles. The minimum atomic E-state index is 0.119. The van der Waals surface area contributed by atoms with E-state index in [9.17, 15) is 4.79 Å². The van der Waals surface area contributed by atoms with E-state index >= 15 is 0 Å². The highest BCUT2D eigenvalue weighted by Gasteiger charge is 2.12. The fourth-order valence-corrected chi connectivity index (χ4v) is 2.59. The number of aryl methyl sites for hydroxylation is 2. The fourth-order valence-electron chi connectivity index (χ4n) is 2.59.